The largest absolute Gasteiger partial charge is 0.488 e. The first-order valence-corrected chi connectivity index (χ1v) is 11.6. The number of fused-ring (bicyclic) bond motifs is 1. The molecule has 196 valence electrons. The summed E-state index contributed by atoms with van der Waals surface area (Å²) in [6.45, 7) is 4.56. The van der Waals surface area contributed by atoms with E-state index in [0.29, 0.717) is 30.1 Å². The lowest BCUT2D eigenvalue weighted by Crippen LogP contribution is -2.47. The number of benzene rings is 2. The second-order valence-corrected chi connectivity index (χ2v) is 8.92. The topological polar surface area (TPSA) is 103 Å². The minimum atomic E-state index is -4.46. The van der Waals surface area contributed by atoms with Crippen LogP contribution in [0.4, 0.5) is 29.3 Å². The molecule has 1 aliphatic rings. The molecule has 0 saturated heterocycles. The normalized spacial score (nSPS) is 19.3. The van der Waals surface area contributed by atoms with Gasteiger partial charge >= 0.3 is 12.2 Å². The van der Waals surface area contributed by atoms with Crippen molar-refractivity contribution in [2.45, 2.75) is 38.6 Å². The number of ether oxygens (including phenoxy) is 1. The SMILES string of the molecule is CNC[C@H]1Oc2ccc(NC(=O)Nc3ccc(C(F)(F)F)cc3)cc2CC(=O)N([C@H](C)CO)C[C@H]1C. The van der Waals surface area contributed by atoms with Gasteiger partial charge in [-0.2, -0.15) is 13.2 Å². The molecular weight excluding hydrogens is 477 g/mol. The number of aliphatic hydroxyl groups is 1. The van der Waals surface area contributed by atoms with Crippen LogP contribution >= 0.6 is 0 Å². The van der Waals surface area contributed by atoms with E-state index in [1.54, 1.807) is 30.0 Å². The Morgan fingerprint density at radius 2 is 1.81 bits per heavy atom. The van der Waals surface area contributed by atoms with E-state index in [-0.39, 0.29) is 42.7 Å². The third-order valence-electron chi connectivity index (χ3n) is 6.05. The number of aliphatic hydroxyl groups excluding tert-OH is 1. The molecule has 8 nitrogen and oxygen atoms in total. The summed E-state index contributed by atoms with van der Waals surface area (Å²) in [4.78, 5) is 27.2. The van der Waals surface area contributed by atoms with E-state index in [4.69, 9.17) is 4.74 Å². The standard InChI is InChI=1S/C25H31F3N4O4/c1-15-13-32(16(2)14-33)23(34)11-17-10-20(8-9-21(17)36-22(15)12-29-3)31-24(35)30-19-6-4-18(5-7-19)25(26,27)28/h4-10,15-16,22,29,33H,11-14H2,1-3H3,(H2,30,31,35)/t15-,16-,22-/m1/s1. The molecule has 0 saturated carbocycles. The van der Waals surface area contributed by atoms with Gasteiger partial charge in [0, 0.05) is 35.9 Å². The van der Waals surface area contributed by atoms with Crippen molar-refractivity contribution in [3.8, 4) is 5.75 Å². The molecule has 1 heterocycles. The molecule has 11 heteroatoms. The van der Waals surface area contributed by atoms with Gasteiger partial charge in [-0.05, 0) is 56.4 Å². The van der Waals surface area contributed by atoms with Gasteiger partial charge in [0.05, 0.1) is 24.6 Å². The molecular formula is C25H31F3N4O4. The zero-order chi connectivity index (χ0) is 26.5. The molecule has 2 aromatic carbocycles. The van der Waals surface area contributed by atoms with Gasteiger partial charge in [-0.15, -0.1) is 0 Å². The van der Waals surface area contributed by atoms with Crippen LogP contribution in [0.3, 0.4) is 0 Å². The number of halogens is 3. The lowest BCUT2D eigenvalue weighted by molar-refractivity contribution is -0.137. The predicted molar refractivity (Wildman–Crippen MR) is 130 cm³/mol. The summed E-state index contributed by atoms with van der Waals surface area (Å²) in [7, 11) is 1.81. The summed E-state index contributed by atoms with van der Waals surface area (Å²) in [6, 6.07) is 8.02. The first-order chi connectivity index (χ1) is 17.0. The maximum atomic E-state index is 13.1. The van der Waals surface area contributed by atoms with Crippen molar-refractivity contribution in [1.29, 1.82) is 0 Å². The summed E-state index contributed by atoms with van der Waals surface area (Å²) in [6.07, 6.45) is -4.70. The molecule has 0 radical (unpaired) electrons. The van der Waals surface area contributed by atoms with Gasteiger partial charge < -0.3 is 30.7 Å². The molecule has 3 rings (SSSR count). The highest BCUT2D eigenvalue weighted by Crippen LogP contribution is 2.31. The minimum Gasteiger partial charge on any atom is -0.488 e. The molecule has 36 heavy (non-hydrogen) atoms. The van der Waals surface area contributed by atoms with Crippen LogP contribution in [0.1, 0.15) is 25.0 Å². The van der Waals surface area contributed by atoms with Crippen LogP contribution in [0.25, 0.3) is 0 Å². The van der Waals surface area contributed by atoms with Gasteiger partial charge in [-0.1, -0.05) is 6.92 Å². The molecule has 0 bridgehead atoms. The van der Waals surface area contributed by atoms with Crippen LogP contribution in [0.15, 0.2) is 42.5 Å². The van der Waals surface area contributed by atoms with E-state index in [9.17, 15) is 27.9 Å². The molecule has 3 atom stereocenters. The van der Waals surface area contributed by atoms with E-state index in [2.05, 4.69) is 16.0 Å². The van der Waals surface area contributed by atoms with Crippen molar-refractivity contribution >= 4 is 23.3 Å². The molecule has 0 fully saturated rings. The Morgan fingerprint density at radius 1 is 1.17 bits per heavy atom. The summed E-state index contributed by atoms with van der Waals surface area (Å²) in [5.74, 6) is 0.320. The average Bonchev–Trinajstić information content (AvgIpc) is 2.86. The molecule has 0 aliphatic carbocycles. The highest BCUT2D eigenvalue weighted by Gasteiger charge is 2.31. The van der Waals surface area contributed by atoms with Gasteiger partial charge in [-0.3, -0.25) is 4.79 Å². The van der Waals surface area contributed by atoms with Crippen LogP contribution < -0.4 is 20.7 Å². The summed E-state index contributed by atoms with van der Waals surface area (Å²) < 4.78 is 44.5. The number of hydrogen-bond acceptors (Lipinski definition) is 5. The van der Waals surface area contributed by atoms with Crippen LogP contribution in [-0.4, -0.2) is 60.8 Å². The summed E-state index contributed by atoms with van der Waals surface area (Å²) in [5, 5.41) is 17.9. The van der Waals surface area contributed by atoms with Crippen molar-refractivity contribution in [2.75, 3.05) is 37.4 Å². The Morgan fingerprint density at radius 3 is 2.42 bits per heavy atom. The minimum absolute atomic E-state index is 0.00864. The second kappa shape index (κ2) is 11.6. The predicted octanol–water partition coefficient (Wildman–Crippen LogP) is 3.72. The fourth-order valence-corrected chi connectivity index (χ4v) is 3.99. The first-order valence-electron chi connectivity index (χ1n) is 11.6. The van der Waals surface area contributed by atoms with E-state index in [0.717, 1.165) is 12.1 Å². The maximum absolute atomic E-state index is 13.1. The van der Waals surface area contributed by atoms with Crippen LogP contribution in [0, 0.1) is 5.92 Å². The first kappa shape index (κ1) is 27.3. The third-order valence-corrected chi connectivity index (χ3v) is 6.05. The van der Waals surface area contributed by atoms with E-state index < -0.39 is 17.8 Å². The Bertz CT molecular complexity index is 1060. The van der Waals surface area contributed by atoms with Crippen LogP contribution in [0.5, 0.6) is 5.75 Å². The fraction of sp³-hybridized carbons (Fsp3) is 0.440. The number of urea groups is 1. The van der Waals surface area contributed by atoms with E-state index in [1.807, 2.05) is 14.0 Å². The third kappa shape index (κ3) is 6.88. The molecule has 3 amide bonds. The average molecular weight is 509 g/mol. The number of amides is 3. The quantitative estimate of drug-likeness (QED) is 0.477. The molecule has 2 aromatic rings. The number of carbonyl (C=O) groups excluding carboxylic acids is 2. The van der Waals surface area contributed by atoms with Crippen molar-refractivity contribution in [1.82, 2.24) is 10.2 Å². The molecule has 0 unspecified atom stereocenters. The lowest BCUT2D eigenvalue weighted by atomic mass is 10.0. The molecule has 4 N–H and O–H groups in total. The van der Waals surface area contributed by atoms with Gasteiger partial charge in [0.15, 0.2) is 0 Å². The van der Waals surface area contributed by atoms with Crippen molar-refractivity contribution < 1.29 is 32.6 Å². The molecule has 1 aliphatic heterocycles. The monoisotopic (exact) mass is 508 g/mol. The number of nitrogens with zero attached hydrogens (tertiary/aromatic N) is 1. The summed E-state index contributed by atoms with van der Waals surface area (Å²) >= 11 is 0. The number of likely N-dealkylation sites (N-methyl/N-ethyl adjacent to an activating group) is 1. The number of carbonyl (C=O) groups is 2. The van der Waals surface area contributed by atoms with E-state index >= 15 is 0 Å². The Balaban J connectivity index is 1.80. The Hall–Kier alpha value is -3.31. The van der Waals surface area contributed by atoms with Crippen LogP contribution in [-0.2, 0) is 17.4 Å². The highest BCUT2D eigenvalue weighted by molar-refractivity contribution is 6.00. The number of alkyl halides is 3. The smallest absolute Gasteiger partial charge is 0.416 e. The van der Waals surface area contributed by atoms with Crippen molar-refractivity contribution in [2.24, 2.45) is 5.92 Å². The number of hydrogen-bond donors (Lipinski definition) is 4. The van der Waals surface area contributed by atoms with Crippen LogP contribution in [0.2, 0.25) is 0 Å². The van der Waals surface area contributed by atoms with E-state index in [1.165, 1.54) is 12.1 Å². The second-order valence-electron chi connectivity index (χ2n) is 8.92. The number of rotatable bonds is 6. The van der Waals surface area contributed by atoms with Gasteiger partial charge in [0.2, 0.25) is 5.91 Å². The molecule has 0 spiro atoms. The Labute approximate surface area is 207 Å². The number of anilines is 2. The van der Waals surface area contributed by atoms with Crippen molar-refractivity contribution in [3.63, 3.8) is 0 Å². The number of nitrogens with one attached hydrogen (secondary N) is 3. The zero-order valence-electron chi connectivity index (χ0n) is 20.4. The Kier molecular flexibility index (Phi) is 8.80. The lowest BCUT2D eigenvalue weighted by Gasteiger charge is -2.32. The van der Waals surface area contributed by atoms with Gasteiger partial charge in [0.25, 0.3) is 0 Å². The fourth-order valence-electron chi connectivity index (χ4n) is 3.99. The summed E-state index contributed by atoms with van der Waals surface area (Å²) in [5.41, 5.74) is 0.330. The molecule has 0 aromatic heterocycles. The maximum Gasteiger partial charge on any atom is 0.416 e. The van der Waals surface area contributed by atoms with Gasteiger partial charge in [-0.25, -0.2) is 4.79 Å². The highest BCUT2D eigenvalue weighted by atomic mass is 19.4. The van der Waals surface area contributed by atoms with Gasteiger partial charge in [0.1, 0.15) is 11.9 Å². The zero-order valence-corrected chi connectivity index (χ0v) is 20.4. The van der Waals surface area contributed by atoms with Crippen molar-refractivity contribution in [3.05, 3.63) is 53.6 Å².